The van der Waals surface area contributed by atoms with Gasteiger partial charge in [-0.25, -0.2) is 8.42 Å². The van der Waals surface area contributed by atoms with Crippen LogP contribution in [0.2, 0.25) is 0 Å². The molecule has 2 N–H and O–H groups in total. The molecular formula is C10H12BrNO5S2. The van der Waals surface area contributed by atoms with Crippen LogP contribution >= 0.6 is 27.3 Å². The summed E-state index contributed by atoms with van der Waals surface area (Å²) in [5.41, 5.74) is 0.773. The molecule has 0 spiro atoms. The Kier molecular flexibility index (Phi) is 4.03. The van der Waals surface area contributed by atoms with Gasteiger partial charge in [0, 0.05) is 13.0 Å². The van der Waals surface area contributed by atoms with Gasteiger partial charge in [0.15, 0.2) is 0 Å². The van der Waals surface area contributed by atoms with Gasteiger partial charge in [-0.1, -0.05) is 0 Å². The molecule has 0 saturated carbocycles. The van der Waals surface area contributed by atoms with Crippen molar-refractivity contribution in [2.75, 3.05) is 6.54 Å². The van der Waals surface area contributed by atoms with Gasteiger partial charge in [0.2, 0.25) is 0 Å². The molecule has 1 aliphatic rings. The van der Waals surface area contributed by atoms with Crippen LogP contribution in [0.3, 0.4) is 0 Å². The van der Waals surface area contributed by atoms with Crippen molar-refractivity contribution < 1.29 is 23.4 Å². The van der Waals surface area contributed by atoms with Crippen LogP contribution in [-0.4, -0.2) is 47.6 Å². The quantitative estimate of drug-likeness (QED) is 0.829. The molecule has 0 bridgehead atoms. The second-order valence-electron chi connectivity index (χ2n) is 4.34. The molecule has 2 rings (SSSR count). The van der Waals surface area contributed by atoms with Gasteiger partial charge < -0.3 is 10.2 Å². The number of β-amino-alcohol motifs (C(OH)–C–C–N with tert-alkyl or cyclic N) is 1. The molecule has 1 aromatic heterocycles. The summed E-state index contributed by atoms with van der Waals surface area (Å²) in [6.45, 7) is 1.57. The van der Waals surface area contributed by atoms with Crippen molar-refractivity contribution >= 4 is 43.3 Å². The van der Waals surface area contributed by atoms with E-state index in [1.54, 1.807) is 6.92 Å². The molecule has 1 aliphatic heterocycles. The van der Waals surface area contributed by atoms with Crippen molar-refractivity contribution in [1.29, 1.82) is 0 Å². The Morgan fingerprint density at radius 1 is 1.58 bits per heavy atom. The van der Waals surface area contributed by atoms with Crippen molar-refractivity contribution in [3.63, 3.8) is 0 Å². The summed E-state index contributed by atoms with van der Waals surface area (Å²) < 4.78 is 26.4. The minimum absolute atomic E-state index is 0.0808. The van der Waals surface area contributed by atoms with Crippen LogP contribution in [0.5, 0.6) is 0 Å². The standard InChI is InChI=1S/C10H12BrNO5S2/c1-5-2-8(18-9(5)11)19(16,17)12-4-6(13)3-7(12)10(14)15/h2,6-7,13H,3-4H2,1H3,(H,14,15)/t6?,7-/m0/s1. The van der Waals surface area contributed by atoms with Crippen molar-refractivity contribution in [1.82, 2.24) is 4.31 Å². The van der Waals surface area contributed by atoms with E-state index < -0.39 is 28.1 Å². The first kappa shape index (κ1) is 14.9. The zero-order chi connectivity index (χ0) is 14.4. The van der Waals surface area contributed by atoms with Gasteiger partial charge in [0.05, 0.1) is 9.89 Å². The smallest absolute Gasteiger partial charge is 0.322 e. The van der Waals surface area contributed by atoms with E-state index >= 15 is 0 Å². The van der Waals surface area contributed by atoms with Crippen molar-refractivity contribution in [3.8, 4) is 0 Å². The third-order valence-corrected chi connectivity index (χ3v) is 7.38. The van der Waals surface area contributed by atoms with E-state index in [4.69, 9.17) is 5.11 Å². The molecule has 1 saturated heterocycles. The first-order valence-corrected chi connectivity index (χ1v) is 8.47. The number of hydrogen-bond acceptors (Lipinski definition) is 5. The topological polar surface area (TPSA) is 94.9 Å². The Balaban J connectivity index is 2.41. The van der Waals surface area contributed by atoms with Crippen molar-refractivity contribution in [3.05, 3.63) is 15.4 Å². The fourth-order valence-corrected chi connectivity index (χ4v) is 5.94. The predicted molar refractivity (Wildman–Crippen MR) is 72.7 cm³/mol. The number of halogens is 1. The number of rotatable bonds is 3. The maximum Gasteiger partial charge on any atom is 0.322 e. The monoisotopic (exact) mass is 369 g/mol. The third-order valence-electron chi connectivity index (χ3n) is 2.92. The first-order chi connectivity index (χ1) is 8.73. The predicted octanol–water partition coefficient (Wildman–Crippen LogP) is 1.03. The molecule has 6 nitrogen and oxygen atoms in total. The Labute approximate surface area is 122 Å². The fraction of sp³-hybridized carbons (Fsp3) is 0.500. The minimum Gasteiger partial charge on any atom is -0.480 e. The van der Waals surface area contributed by atoms with Gasteiger partial charge in [-0.05, 0) is 34.5 Å². The van der Waals surface area contributed by atoms with Gasteiger partial charge in [-0.15, -0.1) is 11.3 Å². The highest BCUT2D eigenvalue weighted by Crippen LogP contribution is 2.35. The zero-order valence-corrected chi connectivity index (χ0v) is 13.1. The van der Waals surface area contributed by atoms with Crippen molar-refractivity contribution in [2.24, 2.45) is 0 Å². The van der Waals surface area contributed by atoms with Gasteiger partial charge >= 0.3 is 5.97 Å². The number of thiophene rings is 1. The molecule has 0 amide bonds. The summed E-state index contributed by atoms with van der Waals surface area (Å²) in [7, 11) is -3.89. The molecular weight excluding hydrogens is 358 g/mol. The van der Waals surface area contributed by atoms with Gasteiger partial charge in [0.25, 0.3) is 10.0 Å². The summed E-state index contributed by atoms with van der Waals surface area (Å²) in [5.74, 6) is -1.24. The number of aryl methyl sites for hydroxylation is 1. The van der Waals surface area contributed by atoms with Crippen LogP contribution in [0.4, 0.5) is 0 Å². The maximum atomic E-state index is 12.4. The summed E-state index contributed by atoms with van der Waals surface area (Å²) in [4.78, 5) is 11.1. The van der Waals surface area contributed by atoms with Crippen LogP contribution in [0.15, 0.2) is 14.1 Å². The largest absolute Gasteiger partial charge is 0.480 e. The summed E-state index contributed by atoms with van der Waals surface area (Å²) >= 11 is 4.28. The third kappa shape index (κ3) is 2.70. The number of aliphatic hydroxyl groups excluding tert-OH is 1. The normalized spacial score (nSPS) is 24.8. The Hall–Kier alpha value is -0.480. The van der Waals surface area contributed by atoms with Gasteiger partial charge in [-0.2, -0.15) is 4.31 Å². The second kappa shape index (κ2) is 5.13. The van der Waals surface area contributed by atoms with E-state index in [0.717, 1.165) is 21.2 Å². The molecule has 19 heavy (non-hydrogen) atoms. The molecule has 106 valence electrons. The van der Waals surface area contributed by atoms with Crippen LogP contribution in [0.1, 0.15) is 12.0 Å². The highest BCUT2D eigenvalue weighted by atomic mass is 79.9. The van der Waals surface area contributed by atoms with Crippen LogP contribution in [-0.2, 0) is 14.8 Å². The fourth-order valence-electron chi connectivity index (χ4n) is 1.95. The molecule has 2 atom stereocenters. The van der Waals surface area contributed by atoms with E-state index in [2.05, 4.69) is 15.9 Å². The van der Waals surface area contributed by atoms with Gasteiger partial charge in [0.1, 0.15) is 10.3 Å². The molecule has 1 fully saturated rings. The Morgan fingerprint density at radius 2 is 2.21 bits per heavy atom. The first-order valence-electron chi connectivity index (χ1n) is 5.42. The average molecular weight is 370 g/mol. The summed E-state index contributed by atoms with van der Waals surface area (Å²) in [6.07, 6.45) is -1.03. The van der Waals surface area contributed by atoms with E-state index in [-0.39, 0.29) is 17.2 Å². The molecule has 0 aliphatic carbocycles. The van der Waals surface area contributed by atoms with E-state index in [9.17, 15) is 18.3 Å². The number of carboxylic acids is 1. The SMILES string of the molecule is Cc1cc(S(=O)(=O)N2CC(O)C[C@H]2C(=O)O)sc1Br. The second-order valence-corrected chi connectivity index (χ2v) is 8.83. The lowest BCUT2D eigenvalue weighted by atomic mass is 10.2. The number of hydrogen-bond donors (Lipinski definition) is 2. The van der Waals surface area contributed by atoms with E-state index in [1.165, 1.54) is 6.07 Å². The number of aliphatic hydroxyl groups is 1. The summed E-state index contributed by atoms with van der Waals surface area (Å²) in [6, 6.07) is 0.287. The lowest BCUT2D eigenvalue weighted by molar-refractivity contribution is -0.140. The molecule has 1 unspecified atom stereocenters. The molecule has 0 aromatic carbocycles. The maximum absolute atomic E-state index is 12.4. The summed E-state index contributed by atoms with van der Waals surface area (Å²) in [5, 5.41) is 18.6. The number of carboxylic acid groups (broad SMARTS) is 1. The highest BCUT2D eigenvalue weighted by Gasteiger charge is 2.44. The molecule has 0 radical (unpaired) electrons. The highest BCUT2D eigenvalue weighted by molar-refractivity contribution is 9.11. The Bertz CT molecular complexity index is 592. The number of aliphatic carboxylic acids is 1. The lowest BCUT2D eigenvalue weighted by Gasteiger charge is -2.19. The van der Waals surface area contributed by atoms with Crippen LogP contribution < -0.4 is 0 Å². The van der Waals surface area contributed by atoms with E-state index in [1.807, 2.05) is 0 Å². The van der Waals surface area contributed by atoms with E-state index in [0.29, 0.717) is 3.79 Å². The molecule has 1 aromatic rings. The Morgan fingerprint density at radius 3 is 2.68 bits per heavy atom. The number of sulfonamides is 1. The number of nitrogens with zero attached hydrogens (tertiary/aromatic N) is 1. The van der Waals surface area contributed by atoms with Crippen LogP contribution in [0, 0.1) is 6.92 Å². The zero-order valence-electron chi connectivity index (χ0n) is 9.91. The van der Waals surface area contributed by atoms with Crippen molar-refractivity contribution in [2.45, 2.75) is 29.7 Å². The minimum atomic E-state index is -3.89. The number of carbonyl (C=O) groups is 1. The average Bonchev–Trinajstić information content (AvgIpc) is 2.84. The van der Waals surface area contributed by atoms with Crippen LogP contribution in [0.25, 0.3) is 0 Å². The molecule has 9 heteroatoms. The van der Waals surface area contributed by atoms with Gasteiger partial charge in [-0.3, -0.25) is 4.79 Å². The lowest BCUT2D eigenvalue weighted by Crippen LogP contribution is -2.40. The molecule has 2 heterocycles.